The number of amides is 3. The molecule has 7 heteroatoms. The molecule has 2 fully saturated rings. The van der Waals surface area contributed by atoms with E-state index in [-0.39, 0.29) is 36.5 Å². The van der Waals surface area contributed by atoms with Gasteiger partial charge in [0.2, 0.25) is 17.7 Å². The zero-order valence-corrected chi connectivity index (χ0v) is 17.6. The monoisotopic (exact) mass is 420 g/mol. The van der Waals surface area contributed by atoms with Gasteiger partial charge in [-0.1, -0.05) is 36.4 Å². The van der Waals surface area contributed by atoms with Crippen molar-refractivity contribution in [2.45, 2.75) is 12.8 Å². The highest BCUT2D eigenvalue weighted by Crippen LogP contribution is 2.24. The molecule has 1 N–H and O–H groups in total. The second-order valence-corrected chi connectivity index (χ2v) is 7.99. The van der Waals surface area contributed by atoms with Crippen LogP contribution in [0.5, 0.6) is 0 Å². The first-order valence-electron chi connectivity index (χ1n) is 10.8. The van der Waals surface area contributed by atoms with Crippen LogP contribution in [-0.4, -0.2) is 61.9 Å². The quantitative estimate of drug-likeness (QED) is 0.775. The Hall–Kier alpha value is -3.35. The van der Waals surface area contributed by atoms with Gasteiger partial charge in [0.15, 0.2) is 0 Å². The number of carbonyl (C=O) groups is 3. The number of para-hydroxylation sites is 2. The maximum absolute atomic E-state index is 12.5. The van der Waals surface area contributed by atoms with Crippen LogP contribution in [0.4, 0.5) is 11.4 Å². The summed E-state index contributed by atoms with van der Waals surface area (Å²) in [6.45, 7) is 3.66. The number of hydrogen-bond acceptors (Lipinski definition) is 4. The van der Waals surface area contributed by atoms with E-state index in [0.29, 0.717) is 26.2 Å². The number of anilines is 2. The number of nitrogens with one attached hydrogen (secondary N) is 1. The maximum atomic E-state index is 12.5. The molecule has 0 spiro atoms. The molecule has 2 saturated heterocycles. The fraction of sp³-hybridized carbons (Fsp3) is 0.375. The van der Waals surface area contributed by atoms with E-state index in [1.807, 2.05) is 53.4 Å². The van der Waals surface area contributed by atoms with Crippen LogP contribution in [0, 0.1) is 5.92 Å². The second kappa shape index (κ2) is 9.64. The lowest BCUT2D eigenvalue weighted by Crippen LogP contribution is -2.49. The van der Waals surface area contributed by atoms with E-state index in [1.165, 1.54) is 5.69 Å². The third-order valence-corrected chi connectivity index (χ3v) is 5.96. The summed E-state index contributed by atoms with van der Waals surface area (Å²) in [5.74, 6) is -0.522. The predicted octanol–water partition coefficient (Wildman–Crippen LogP) is 1.89. The van der Waals surface area contributed by atoms with Gasteiger partial charge >= 0.3 is 0 Å². The molecule has 0 saturated carbocycles. The molecule has 31 heavy (non-hydrogen) atoms. The first-order chi connectivity index (χ1) is 15.1. The van der Waals surface area contributed by atoms with Crippen molar-refractivity contribution >= 4 is 29.1 Å². The summed E-state index contributed by atoms with van der Waals surface area (Å²) in [5.41, 5.74) is 1.99. The highest BCUT2D eigenvalue weighted by Gasteiger charge is 2.35. The zero-order valence-electron chi connectivity index (χ0n) is 17.6. The summed E-state index contributed by atoms with van der Waals surface area (Å²) in [5, 5.41) is 2.85. The van der Waals surface area contributed by atoms with E-state index in [1.54, 1.807) is 4.90 Å². The molecule has 0 unspecified atom stereocenters. The molecule has 4 rings (SSSR count). The van der Waals surface area contributed by atoms with Crippen molar-refractivity contribution in [2.75, 3.05) is 49.1 Å². The summed E-state index contributed by atoms with van der Waals surface area (Å²) in [4.78, 5) is 43.1. The van der Waals surface area contributed by atoms with Crippen molar-refractivity contribution < 1.29 is 14.4 Å². The van der Waals surface area contributed by atoms with Crippen LogP contribution in [0.25, 0.3) is 0 Å². The maximum Gasteiger partial charge on any atom is 0.227 e. The number of piperazine rings is 1. The summed E-state index contributed by atoms with van der Waals surface area (Å²) in [7, 11) is 0. The minimum Gasteiger partial charge on any atom is -0.368 e. The summed E-state index contributed by atoms with van der Waals surface area (Å²) >= 11 is 0. The third-order valence-electron chi connectivity index (χ3n) is 5.96. The molecule has 0 radical (unpaired) electrons. The molecule has 1 atom stereocenters. The van der Waals surface area contributed by atoms with E-state index < -0.39 is 0 Å². The Bertz CT molecular complexity index is 911. The zero-order chi connectivity index (χ0) is 21.6. The lowest BCUT2D eigenvalue weighted by Gasteiger charge is -2.36. The van der Waals surface area contributed by atoms with Gasteiger partial charge in [-0.3, -0.25) is 14.4 Å². The van der Waals surface area contributed by atoms with Crippen molar-refractivity contribution in [1.82, 2.24) is 10.2 Å². The summed E-state index contributed by atoms with van der Waals surface area (Å²) in [6, 6.07) is 19.6. The Morgan fingerprint density at radius 1 is 0.871 bits per heavy atom. The summed E-state index contributed by atoms with van der Waals surface area (Å²) in [6.07, 6.45) is 0.482. The Morgan fingerprint density at radius 2 is 1.48 bits per heavy atom. The van der Waals surface area contributed by atoms with Crippen LogP contribution < -0.4 is 15.1 Å². The highest BCUT2D eigenvalue weighted by atomic mass is 16.2. The van der Waals surface area contributed by atoms with Crippen molar-refractivity contribution in [3.63, 3.8) is 0 Å². The molecule has 2 aromatic carbocycles. The van der Waals surface area contributed by atoms with Crippen LogP contribution in [-0.2, 0) is 14.4 Å². The Morgan fingerprint density at radius 3 is 2.13 bits per heavy atom. The van der Waals surface area contributed by atoms with Gasteiger partial charge < -0.3 is 20.0 Å². The molecule has 3 amide bonds. The molecule has 2 aliphatic heterocycles. The molecule has 7 nitrogen and oxygen atoms in total. The van der Waals surface area contributed by atoms with Crippen LogP contribution in [0.3, 0.4) is 0 Å². The molecular formula is C24H28N4O3. The molecule has 2 aromatic rings. The van der Waals surface area contributed by atoms with Crippen LogP contribution in [0.15, 0.2) is 60.7 Å². The van der Waals surface area contributed by atoms with Gasteiger partial charge in [0.1, 0.15) is 0 Å². The van der Waals surface area contributed by atoms with Gasteiger partial charge in [0.05, 0.1) is 5.92 Å². The minimum absolute atomic E-state index is 0.0429. The van der Waals surface area contributed by atoms with Crippen molar-refractivity contribution in [2.24, 2.45) is 5.92 Å². The number of nitrogens with zero attached hydrogens (tertiary/aromatic N) is 3. The standard InChI is InChI=1S/C24H28N4O3/c29-22(27-15-13-26(14-16-27)20-7-3-1-4-8-20)11-12-25-24(31)19-17-23(30)28(18-19)21-9-5-2-6-10-21/h1-10,19H,11-18H2,(H,25,31)/t19-/m0/s1. The molecule has 162 valence electrons. The van der Waals surface area contributed by atoms with Crippen LogP contribution >= 0.6 is 0 Å². The smallest absolute Gasteiger partial charge is 0.227 e. The van der Waals surface area contributed by atoms with Crippen LogP contribution in [0.1, 0.15) is 12.8 Å². The molecule has 0 aromatic heterocycles. The largest absolute Gasteiger partial charge is 0.368 e. The first kappa shape index (κ1) is 20.9. The van der Waals surface area contributed by atoms with Crippen molar-refractivity contribution in [1.29, 1.82) is 0 Å². The van der Waals surface area contributed by atoms with E-state index in [4.69, 9.17) is 0 Å². The Kier molecular flexibility index (Phi) is 6.50. The molecule has 0 aliphatic carbocycles. The highest BCUT2D eigenvalue weighted by molar-refractivity contribution is 6.00. The van der Waals surface area contributed by atoms with E-state index in [0.717, 1.165) is 18.8 Å². The van der Waals surface area contributed by atoms with E-state index in [9.17, 15) is 14.4 Å². The van der Waals surface area contributed by atoms with E-state index in [2.05, 4.69) is 22.3 Å². The third kappa shape index (κ3) is 5.05. The number of hydrogen-bond donors (Lipinski definition) is 1. The van der Waals surface area contributed by atoms with Crippen molar-refractivity contribution in [3.8, 4) is 0 Å². The van der Waals surface area contributed by atoms with Gasteiger partial charge in [-0.25, -0.2) is 0 Å². The van der Waals surface area contributed by atoms with Gasteiger partial charge in [-0.15, -0.1) is 0 Å². The SMILES string of the molecule is O=C(NCCC(=O)N1CCN(c2ccccc2)CC1)[C@H]1CC(=O)N(c2ccccc2)C1. The van der Waals surface area contributed by atoms with Gasteiger partial charge in [-0.05, 0) is 24.3 Å². The molecule has 0 bridgehead atoms. The Labute approximate surface area is 182 Å². The summed E-state index contributed by atoms with van der Waals surface area (Å²) < 4.78 is 0. The number of benzene rings is 2. The lowest BCUT2D eigenvalue weighted by atomic mass is 10.1. The fourth-order valence-corrected chi connectivity index (χ4v) is 4.19. The molecule has 2 heterocycles. The normalized spacial score (nSPS) is 18.9. The molecule has 2 aliphatic rings. The van der Waals surface area contributed by atoms with E-state index >= 15 is 0 Å². The van der Waals surface area contributed by atoms with Gasteiger partial charge in [0, 0.05) is 63.5 Å². The van der Waals surface area contributed by atoms with Gasteiger partial charge in [0.25, 0.3) is 0 Å². The molecular weight excluding hydrogens is 392 g/mol. The average molecular weight is 421 g/mol. The minimum atomic E-state index is -0.378. The number of carbonyl (C=O) groups excluding carboxylic acids is 3. The fourth-order valence-electron chi connectivity index (χ4n) is 4.19. The first-order valence-corrected chi connectivity index (χ1v) is 10.8. The Balaban J connectivity index is 1.19. The predicted molar refractivity (Wildman–Crippen MR) is 120 cm³/mol. The number of rotatable bonds is 6. The topological polar surface area (TPSA) is 73.0 Å². The second-order valence-electron chi connectivity index (χ2n) is 7.99. The average Bonchev–Trinajstić information content (AvgIpc) is 3.22. The lowest BCUT2D eigenvalue weighted by molar-refractivity contribution is -0.131. The van der Waals surface area contributed by atoms with Crippen LogP contribution in [0.2, 0.25) is 0 Å². The van der Waals surface area contributed by atoms with Gasteiger partial charge in [-0.2, -0.15) is 0 Å². The van der Waals surface area contributed by atoms with Crippen molar-refractivity contribution in [3.05, 3.63) is 60.7 Å².